The molecule has 1 atom stereocenters. The summed E-state index contributed by atoms with van der Waals surface area (Å²) in [5, 5.41) is 0. The van der Waals surface area contributed by atoms with Crippen LogP contribution in [-0.2, 0) is 0 Å². The zero-order valence-corrected chi connectivity index (χ0v) is 11.8. The first kappa shape index (κ1) is 14.4. The zero-order chi connectivity index (χ0) is 14.7. The summed E-state index contributed by atoms with van der Waals surface area (Å²) in [6.45, 7) is 3.89. The highest BCUT2D eigenvalue weighted by molar-refractivity contribution is 5.39. The molecular formula is C15H18FN3O. The highest BCUT2D eigenvalue weighted by Crippen LogP contribution is 2.29. The van der Waals surface area contributed by atoms with Crippen LogP contribution < -0.4 is 16.0 Å². The summed E-state index contributed by atoms with van der Waals surface area (Å²) >= 11 is 0. The number of aryl methyl sites for hydroxylation is 2. The Kier molecular flexibility index (Phi) is 4.32. The molecule has 0 spiro atoms. The quantitative estimate of drug-likeness (QED) is 0.664. The van der Waals surface area contributed by atoms with Crippen LogP contribution in [-0.4, -0.2) is 12.1 Å². The molecule has 0 aliphatic rings. The summed E-state index contributed by atoms with van der Waals surface area (Å²) in [5.41, 5.74) is 5.74. The first-order valence-electron chi connectivity index (χ1n) is 6.30. The number of rotatable bonds is 4. The molecule has 3 N–H and O–H groups in total. The minimum Gasteiger partial charge on any atom is -0.494 e. The fraction of sp³-hybridized carbons (Fsp3) is 0.267. The molecule has 1 aromatic heterocycles. The number of hydrogen-bond acceptors (Lipinski definition) is 4. The third-order valence-corrected chi connectivity index (χ3v) is 3.22. The fourth-order valence-electron chi connectivity index (χ4n) is 2.25. The summed E-state index contributed by atoms with van der Waals surface area (Å²) in [6.07, 6.45) is 1.74. The Hall–Kier alpha value is -1.98. The molecule has 0 aliphatic carbocycles. The second kappa shape index (κ2) is 5.98. The van der Waals surface area contributed by atoms with Crippen LogP contribution in [0, 0.1) is 19.7 Å². The van der Waals surface area contributed by atoms with Crippen molar-refractivity contribution in [1.29, 1.82) is 0 Å². The Morgan fingerprint density at radius 2 is 2.10 bits per heavy atom. The lowest BCUT2D eigenvalue weighted by Gasteiger charge is -2.19. The average molecular weight is 275 g/mol. The molecule has 0 aliphatic heterocycles. The van der Waals surface area contributed by atoms with E-state index >= 15 is 0 Å². The predicted octanol–water partition coefficient (Wildman–Crippen LogP) is 2.40. The third kappa shape index (κ3) is 2.64. The van der Waals surface area contributed by atoms with E-state index in [1.165, 1.54) is 7.11 Å². The van der Waals surface area contributed by atoms with Crippen LogP contribution in [0.3, 0.4) is 0 Å². The second-order valence-corrected chi connectivity index (χ2v) is 4.68. The van der Waals surface area contributed by atoms with Gasteiger partial charge in [-0.2, -0.15) is 0 Å². The maximum absolute atomic E-state index is 14.4. The van der Waals surface area contributed by atoms with Crippen molar-refractivity contribution >= 4 is 0 Å². The van der Waals surface area contributed by atoms with Crippen molar-refractivity contribution in [3.8, 4) is 5.75 Å². The maximum atomic E-state index is 14.4. The number of methoxy groups -OCH3 is 1. The Morgan fingerprint density at radius 1 is 1.35 bits per heavy atom. The standard InChI is InChI=1S/C15H18FN3O/c1-9-7-10(2)14(18-8-9)15(19-17)11-5-4-6-12(20-3)13(11)16/h4-8,15,19H,17H2,1-3H3. The molecule has 0 radical (unpaired) electrons. The molecule has 0 saturated heterocycles. The lowest BCUT2D eigenvalue weighted by atomic mass is 9.99. The monoisotopic (exact) mass is 275 g/mol. The highest BCUT2D eigenvalue weighted by atomic mass is 19.1. The first-order chi connectivity index (χ1) is 9.58. The molecule has 106 valence electrons. The van der Waals surface area contributed by atoms with E-state index < -0.39 is 11.9 Å². The van der Waals surface area contributed by atoms with Gasteiger partial charge in [-0.1, -0.05) is 18.2 Å². The number of halogens is 1. The number of aromatic nitrogens is 1. The van der Waals surface area contributed by atoms with Crippen LogP contribution in [0.5, 0.6) is 5.75 Å². The van der Waals surface area contributed by atoms with Crippen molar-refractivity contribution in [2.45, 2.75) is 19.9 Å². The number of nitrogens with two attached hydrogens (primary N) is 1. The summed E-state index contributed by atoms with van der Waals surface area (Å²) in [4.78, 5) is 4.37. The van der Waals surface area contributed by atoms with Gasteiger partial charge in [0.15, 0.2) is 11.6 Å². The molecule has 1 aromatic carbocycles. The van der Waals surface area contributed by atoms with Crippen molar-refractivity contribution in [1.82, 2.24) is 10.4 Å². The van der Waals surface area contributed by atoms with Crippen molar-refractivity contribution in [3.63, 3.8) is 0 Å². The molecule has 0 amide bonds. The first-order valence-corrected chi connectivity index (χ1v) is 6.30. The van der Waals surface area contributed by atoms with Crippen molar-refractivity contribution in [2.75, 3.05) is 7.11 Å². The molecule has 0 fully saturated rings. The fourth-order valence-corrected chi connectivity index (χ4v) is 2.25. The van der Waals surface area contributed by atoms with E-state index in [4.69, 9.17) is 10.6 Å². The smallest absolute Gasteiger partial charge is 0.170 e. The highest BCUT2D eigenvalue weighted by Gasteiger charge is 2.21. The van der Waals surface area contributed by atoms with E-state index in [1.54, 1.807) is 24.4 Å². The SMILES string of the molecule is COc1cccc(C(NN)c2ncc(C)cc2C)c1F. The molecule has 0 bridgehead atoms. The Morgan fingerprint density at radius 3 is 2.70 bits per heavy atom. The molecule has 4 nitrogen and oxygen atoms in total. The maximum Gasteiger partial charge on any atom is 0.170 e. The molecule has 5 heteroatoms. The average Bonchev–Trinajstić information content (AvgIpc) is 2.43. The zero-order valence-electron chi connectivity index (χ0n) is 11.8. The van der Waals surface area contributed by atoms with Gasteiger partial charge in [0.05, 0.1) is 18.8 Å². The number of hydrogen-bond donors (Lipinski definition) is 2. The van der Waals surface area contributed by atoms with Gasteiger partial charge >= 0.3 is 0 Å². The van der Waals surface area contributed by atoms with E-state index in [2.05, 4.69) is 10.4 Å². The molecule has 2 rings (SSSR count). The Labute approximate surface area is 117 Å². The summed E-state index contributed by atoms with van der Waals surface area (Å²) in [6, 6.07) is 6.44. The third-order valence-electron chi connectivity index (χ3n) is 3.22. The lowest BCUT2D eigenvalue weighted by Crippen LogP contribution is -2.31. The topological polar surface area (TPSA) is 60.2 Å². The van der Waals surface area contributed by atoms with Gasteiger partial charge in [-0.25, -0.2) is 9.82 Å². The molecule has 1 unspecified atom stereocenters. The summed E-state index contributed by atoms with van der Waals surface area (Å²) in [5.74, 6) is 5.36. The number of nitrogens with zero attached hydrogens (tertiary/aromatic N) is 1. The molecule has 0 saturated carbocycles. The van der Waals surface area contributed by atoms with Crippen LogP contribution in [0.2, 0.25) is 0 Å². The normalized spacial score (nSPS) is 12.2. The Balaban J connectivity index is 2.52. The molecule has 20 heavy (non-hydrogen) atoms. The minimum atomic E-state index is -0.523. The summed E-state index contributed by atoms with van der Waals surface area (Å²) in [7, 11) is 1.43. The number of ether oxygens (including phenoxy) is 1. The number of nitrogens with one attached hydrogen (secondary N) is 1. The van der Waals surface area contributed by atoms with E-state index in [-0.39, 0.29) is 5.75 Å². The van der Waals surface area contributed by atoms with Crippen molar-refractivity contribution < 1.29 is 9.13 Å². The van der Waals surface area contributed by atoms with Gasteiger partial charge in [0.1, 0.15) is 0 Å². The van der Waals surface area contributed by atoms with Gasteiger partial charge in [-0.3, -0.25) is 10.8 Å². The lowest BCUT2D eigenvalue weighted by molar-refractivity contribution is 0.381. The van der Waals surface area contributed by atoms with E-state index in [9.17, 15) is 4.39 Å². The van der Waals surface area contributed by atoms with E-state index in [0.29, 0.717) is 11.3 Å². The van der Waals surface area contributed by atoms with Crippen LogP contribution in [0.25, 0.3) is 0 Å². The summed E-state index contributed by atoms with van der Waals surface area (Å²) < 4.78 is 19.4. The van der Waals surface area contributed by atoms with Gasteiger partial charge in [-0.05, 0) is 31.0 Å². The number of pyridine rings is 1. The molecule has 2 aromatic rings. The van der Waals surface area contributed by atoms with Gasteiger partial charge in [-0.15, -0.1) is 0 Å². The van der Waals surface area contributed by atoms with Gasteiger partial charge in [0, 0.05) is 11.8 Å². The van der Waals surface area contributed by atoms with Crippen LogP contribution in [0.1, 0.15) is 28.4 Å². The second-order valence-electron chi connectivity index (χ2n) is 4.68. The molecule has 1 heterocycles. The largest absolute Gasteiger partial charge is 0.494 e. The van der Waals surface area contributed by atoms with Crippen LogP contribution in [0.15, 0.2) is 30.5 Å². The Bertz CT molecular complexity index is 616. The minimum absolute atomic E-state index is 0.188. The molecular weight excluding hydrogens is 257 g/mol. The van der Waals surface area contributed by atoms with Gasteiger partial charge < -0.3 is 4.74 Å². The number of benzene rings is 1. The van der Waals surface area contributed by atoms with E-state index in [1.807, 2.05) is 19.9 Å². The van der Waals surface area contributed by atoms with Crippen LogP contribution in [0.4, 0.5) is 4.39 Å². The van der Waals surface area contributed by atoms with E-state index in [0.717, 1.165) is 11.1 Å². The van der Waals surface area contributed by atoms with Crippen LogP contribution >= 0.6 is 0 Å². The van der Waals surface area contributed by atoms with Gasteiger partial charge in [0.25, 0.3) is 0 Å². The van der Waals surface area contributed by atoms with Gasteiger partial charge in [0.2, 0.25) is 0 Å². The van der Waals surface area contributed by atoms with Crippen molar-refractivity contribution in [2.24, 2.45) is 5.84 Å². The van der Waals surface area contributed by atoms with Crippen molar-refractivity contribution in [3.05, 3.63) is 58.7 Å². The predicted molar refractivity (Wildman–Crippen MR) is 75.8 cm³/mol. The number of hydrazine groups is 1.